The van der Waals surface area contributed by atoms with Crippen LogP contribution in [0.4, 0.5) is 0 Å². The molecule has 0 saturated carbocycles. The lowest BCUT2D eigenvalue weighted by molar-refractivity contribution is 1.21. The predicted molar refractivity (Wildman–Crippen MR) is 90.7 cm³/mol. The molecule has 0 fully saturated rings. The monoisotopic (exact) mass is 309 g/mol. The van der Waals surface area contributed by atoms with Gasteiger partial charge in [-0.05, 0) is 42.5 Å². The van der Waals surface area contributed by atoms with Gasteiger partial charge in [-0.25, -0.2) is 9.97 Å². The fourth-order valence-corrected chi connectivity index (χ4v) is 2.49. The second kappa shape index (κ2) is 5.86. The van der Waals surface area contributed by atoms with Crippen molar-refractivity contribution in [2.75, 3.05) is 0 Å². The van der Waals surface area contributed by atoms with Gasteiger partial charge in [0.2, 0.25) is 0 Å². The fraction of sp³-hybridized carbons (Fsp3) is 0. The summed E-state index contributed by atoms with van der Waals surface area (Å²) in [4.78, 5) is 18.2. The largest absolute Gasteiger partial charge is 0.255 e. The molecular formula is C19H11N5. The van der Waals surface area contributed by atoms with Crippen molar-refractivity contribution in [1.29, 1.82) is 5.26 Å². The van der Waals surface area contributed by atoms with Gasteiger partial charge in [0.05, 0.1) is 34.1 Å². The molecule has 0 aliphatic carbocycles. The minimum Gasteiger partial charge on any atom is -0.255 e. The quantitative estimate of drug-likeness (QED) is 0.565. The van der Waals surface area contributed by atoms with Gasteiger partial charge in [0, 0.05) is 12.4 Å². The Kier molecular flexibility index (Phi) is 3.41. The molecule has 3 aromatic heterocycles. The molecule has 0 aliphatic heterocycles. The van der Waals surface area contributed by atoms with Gasteiger partial charge in [-0.1, -0.05) is 12.1 Å². The van der Waals surface area contributed by atoms with E-state index >= 15 is 0 Å². The first-order valence-corrected chi connectivity index (χ1v) is 7.40. The second-order valence-corrected chi connectivity index (χ2v) is 5.17. The summed E-state index contributed by atoms with van der Waals surface area (Å²) in [6.45, 7) is 0. The summed E-state index contributed by atoms with van der Waals surface area (Å²) in [7, 11) is 0. The average Bonchev–Trinajstić information content (AvgIpc) is 2.68. The lowest BCUT2D eigenvalue weighted by Gasteiger charge is -2.09. The molecule has 0 N–H and O–H groups in total. The number of nitrogens with zero attached hydrogens (tertiary/aromatic N) is 5. The number of rotatable bonds is 2. The van der Waals surface area contributed by atoms with Crippen LogP contribution in [0.3, 0.4) is 0 Å². The lowest BCUT2D eigenvalue weighted by Crippen LogP contribution is -1.98. The van der Waals surface area contributed by atoms with Crippen molar-refractivity contribution in [3.8, 4) is 28.8 Å². The third-order valence-corrected chi connectivity index (χ3v) is 3.61. The molecule has 5 heteroatoms. The Morgan fingerprint density at radius 3 is 1.88 bits per heavy atom. The Hall–Kier alpha value is -3.65. The zero-order valence-electron chi connectivity index (χ0n) is 12.6. The molecule has 3 heterocycles. The zero-order valence-corrected chi connectivity index (χ0v) is 12.6. The lowest BCUT2D eigenvalue weighted by atomic mass is 10.1. The highest BCUT2D eigenvalue weighted by Gasteiger charge is 2.15. The van der Waals surface area contributed by atoms with Gasteiger partial charge in [0.1, 0.15) is 11.4 Å². The Balaban J connectivity index is 2.04. The molecule has 5 nitrogen and oxygen atoms in total. The fourth-order valence-electron chi connectivity index (χ4n) is 2.49. The van der Waals surface area contributed by atoms with Crippen molar-refractivity contribution in [3.05, 3.63) is 72.6 Å². The van der Waals surface area contributed by atoms with Crippen LogP contribution in [-0.2, 0) is 0 Å². The molecule has 0 unspecified atom stereocenters. The van der Waals surface area contributed by atoms with E-state index in [4.69, 9.17) is 15.2 Å². The molecule has 0 radical (unpaired) electrons. The van der Waals surface area contributed by atoms with Gasteiger partial charge < -0.3 is 0 Å². The molecule has 1 aromatic carbocycles. The minimum absolute atomic E-state index is 0.550. The van der Waals surface area contributed by atoms with Gasteiger partial charge in [0.15, 0.2) is 0 Å². The smallest absolute Gasteiger partial charge is 0.117 e. The third-order valence-electron chi connectivity index (χ3n) is 3.61. The summed E-state index contributed by atoms with van der Waals surface area (Å²) in [5.74, 6) is 0. The van der Waals surface area contributed by atoms with Gasteiger partial charge in [-0.15, -0.1) is 0 Å². The first-order chi connectivity index (χ1) is 11.8. The first-order valence-electron chi connectivity index (χ1n) is 7.40. The number of benzene rings is 1. The SMILES string of the molecule is N#Cc1ccc2nc(-c3ccccn3)c(-c3ccccn3)nc2c1. The number of pyridine rings is 2. The molecule has 0 aliphatic rings. The van der Waals surface area contributed by atoms with Gasteiger partial charge >= 0.3 is 0 Å². The van der Waals surface area contributed by atoms with Crippen molar-refractivity contribution >= 4 is 11.0 Å². The Labute approximate surface area is 138 Å². The van der Waals surface area contributed by atoms with Crippen LogP contribution in [0, 0.1) is 11.3 Å². The average molecular weight is 309 g/mol. The van der Waals surface area contributed by atoms with Crippen LogP contribution in [0.15, 0.2) is 67.0 Å². The van der Waals surface area contributed by atoms with E-state index in [0.29, 0.717) is 28.0 Å². The molecule has 4 aromatic rings. The third kappa shape index (κ3) is 2.46. The van der Waals surface area contributed by atoms with E-state index in [1.807, 2.05) is 36.4 Å². The zero-order chi connectivity index (χ0) is 16.4. The maximum atomic E-state index is 9.10. The Morgan fingerprint density at radius 2 is 1.33 bits per heavy atom. The summed E-state index contributed by atoms with van der Waals surface area (Å²) < 4.78 is 0. The Bertz CT molecular complexity index is 1050. The molecule has 0 atom stereocenters. The van der Waals surface area contributed by atoms with E-state index < -0.39 is 0 Å². The highest BCUT2D eigenvalue weighted by molar-refractivity contribution is 5.85. The number of nitriles is 1. The van der Waals surface area contributed by atoms with Gasteiger partial charge in [0.25, 0.3) is 0 Å². The molecule has 24 heavy (non-hydrogen) atoms. The molecule has 112 valence electrons. The van der Waals surface area contributed by atoms with Crippen LogP contribution >= 0.6 is 0 Å². The van der Waals surface area contributed by atoms with Crippen molar-refractivity contribution in [3.63, 3.8) is 0 Å². The van der Waals surface area contributed by atoms with E-state index in [0.717, 1.165) is 11.4 Å². The van der Waals surface area contributed by atoms with Crippen LogP contribution in [0.1, 0.15) is 5.56 Å². The molecular weight excluding hydrogens is 298 g/mol. The van der Waals surface area contributed by atoms with Crippen LogP contribution in [0.2, 0.25) is 0 Å². The van der Waals surface area contributed by atoms with E-state index in [-0.39, 0.29) is 0 Å². The summed E-state index contributed by atoms with van der Waals surface area (Å²) in [6.07, 6.45) is 3.44. The predicted octanol–water partition coefficient (Wildman–Crippen LogP) is 3.63. The van der Waals surface area contributed by atoms with Gasteiger partial charge in [-0.3, -0.25) is 9.97 Å². The van der Waals surface area contributed by atoms with Crippen LogP contribution in [0.25, 0.3) is 33.8 Å². The van der Waals surface area contributed by atoms with E-state index in [2.05, 4.69) is 16.0 Å². The van der Waals surface area contributed by atoms with Crippen LogP contribution in [0.5, 0.6) is 0 Å². The van der Waals surface area contributed by atoms with Crippen molar-refractivity contribution in [2.24, 2.45) is 0 Å². The minimum atomic E-state index is 0.550. The van der Waals surface area contributed by atoms with E-state index in [9.17, 15) is 0 Å². The maximum Gasteiger partial charge on any atom is 0.117 e. The standard InChI is InChI=1S/C19H11N5/c20-12-13-7-8-14-17(11-13)24-19(16-6-2-4-10-22-16)18(23-14)15-5-1-3-9-21-15/h1-11H. The Morgan fingerprint density at radius 1 is 0.708 bits per heavy atom. The summed E-state index contributed by atoms with van der Waals surface area (Å²) in [6, 6.07) is 18.7. The van der Waals surface area contributed by atoms with Gasteiger partial charge in [-0.2, -0.15) is 5.26 Å². The van der Waals surface area contributed by atoms with Crippen molar-refractivity contribution in [1.82, 2.24) is 19.9 Å². The topological polar surface area (TPSA) is 75.3 Å². The first kappa shape index (κ1) is 14.0. The molecule has 0 spiro atoms. The van der Waals surface area contributed by atoms with Crippen molar-refractivity contribution in [2.45, 2.75) is 0 Å². The molecule has 4 rings (SSSR count). The highest BCUT2D eigenvalue weighted by Crippen LogP contribution is 2.28. The molecule has 0 amide bonds. The van der Waals surface area contributed by atoms with Crippen molar-refractivity contribution < 1.29 is 0 Å². The summed E-state index contributed by atoms with van der Waals surface area (Å²) >= 11 is 0. The number of aromatic nitrogens is 4. The van der Waals surface area contributed by atoms with Crippen LogP contribution in [-0.4, -0.2) is 19.9 Å². The summed E-state index contributed by atoms with van der Waals surface area (Å²) in [5, 5.41) is 9.10. The number of fused-ring (bicyclic) bond motifs is 1. The van der Waals surface area contributed by atoms with E-state index in [1.54, 1.807) is 30.6 Å². The van der Waals surface area contributed by atoms with E-state index in [1.165, 1.54) is 0 Å². The normalized spacial score (nSPS) is 10.5. The highest BCUT2D eigenvalue weighted by atomic mass is 14.9. The molecule has 0 bridgehead atoms. The number of hydrogen-bond donors (Lipinski definition) is 0. The summed E-state index contributed by atoms with van der Waals surface area (Å²) in [5.41, 5.74) is 4.70. The molecule has 0 saturated heterocycles. The second-order valence-electron chi connectivity index (χ2n) is 5.17. The number of hydrogen-bond acceptors (Lipinski definition) is 5. The van der Waals surface area contributed by atoms with Crippen LogP contribution < -0.4 is 0 Å². The maximum absolute atomic E-state index is 9.10.